The molecule has 11 heteroatoms. The summed E-state index contributed by atoms with van der Waals surface area (Å²) in [7, 11) is 0. The molecule has 0 amide bonds. The first-order valence-electron chi connectivity index (χ1n) is 6.21. The minimum absolute atomic E-state index is 0.163. The molecule has 2 rings (SSSR count). The van der Waals surface area contributed by atoms with Crippen molar-refractivity contribution in [1.29, 1.82) is 0 Å². The monoisotopic (exact) mass is 333 g/mol. The van der Waals surface area contributed by atoms with Crippen LogP contribution in [0.3, 0.4) is 0 Å². The number of ether oxygens (including phenoxy) is 1. The number of carboxylic acid groups (broad SMARTS) is 1. The molecule has 1 saturated heterocycles. The molecule has 7 N–H and O–H groups in total. The van der Waals surface area contributed by atoms with E-state index in [4.69, 9.17) is 32.9 Å². The molecule has 0 radical (unpaired) electrons. The highest BCUT2D eigenvalue weighted by molar-refractivity contribution is 7.71. The maximum atomic E-state index is 11.7. The van der Waals surface area contributed by atoms with Crippen LogP contribution < -0.4 is 11.3 Å². The number of aliphatic hydroxyl groups excluding tert-OH is 3. The van der Waals surface area contributed by atoms with E-state index in [1.807, 2.05) is 0 Å². The first-order valence-corrected chi connectivity index (χ1v) is 6.62. The summed E-state index contributed by atoms with van der Waals surface area (Å²) in [6.45, 7) is -0.601. The first-order chi connectivity index (χ1) is 10.2. The van der Waals surface area contributed by atoms with Gasteiger partial charge in [-0.3, -0.25) is 24.9 Å². The summed E-state index contributed by atoms with van der Waals surface area (Å²) in [5.74, 6) is -3.30. The average Bonchev–Trinajstić information content (AvgIpc) is 2.66. The molecule has 0 spiro atoms. The van der Waals surface area contributed by atoms with Crippen LogP contribution in [0.5, 0.6) is 0 Å². The second kappa shape index (κ2) is 5.87. The number of carboxylic acids is 1. The number of H-pyrrole nitrogens is 1. The predicted octanol–water partition coefficient (Wildman–Crippen LogP) is -2.79. The number of nitrogens with zero attached hydrogens (tertiary/aromatic N) is 1. The largest absolute Gasteiger partial charge is 0.481 e. The molecule has 22 heavy (non-hydrogen) atoms. The SMILES string of the molecule is N[C@@]1(n2cc(CC(=O)O)c(=O)[nH]c2=S)O[C@H](CO)[C@@H](O)[C@H]1O. The molecule has 0 saturated carbocycles. The minimum Gasteiger partial charge on any atom is -0.481 e. The number of carbonyl (C=O) groups is 1. The lowest BCUT2D eigenvalue weighted by Gasteiger charge is -2.30. The summed E-state index contributed by atoms with van der Waals surface area (Å²) in [5.41, 5.74) is 5.04. The Hall–Kier alpha value is -1.63. The van der Waals surface area contributed by atoms with Gasteiger partial charge in [-0.05, 0) is 12.2 Å². The lowest BCUT2D eigenvalue weighted by molar-refractivity contribution is -0.145. The molecule has 122 valence electrons. The standard InChI is InChI=1S/C11H15N3O7S/c12-11(8(19)7(18)5(3-15)21-11)14-2-4(1-6(16)17)9(20)13-10(14)22/h2,5,7-8,15,18-19H,1,3,12H2,(H,16,17)(H,13,20,22)/t5-,7-,8-,11+/m1/s1. The third-order valence-corrected chi connectivity index (χ3v) is 3.68. The van der Waals surface area contributed by atoms with Crippen LogP contribution in [0, 0.1) is 4.77 Å². The summed E-state index contributed by atoms with van der Waals surface area (Å²) in [6.07, 6.45) is -3.84. The van der Waals surface area contributed by atoms with Crippen molar-refractivity contribution in [3.63, 3.8) is 0 Å². The lowest BCUT2D eigenvalue weighted by atomic mass is 10.1. The van der Waals surface area contributed by atoms with E-state index in [9.17, 15) is 19.8 Å². The van der Waals surface area contributed by atoms with E-state index >= 15 is 0 Å². The number of aromatic amines is 1. The number of aromatic nitrogens is 2. The maximum Gasteiger partial charge on any atom is 0.308 e. The molecular formula is C11H15N3O7S. The Kier molecular flexibility index (Phi) is 4.47. The Bertz CT molecular complexity index is 702. The summed E-state index contributed by atoms with van der Waals surface area (Å²) < 4.78 is 5.96. The van der Waals surface area contributed by atoms with Gasteiger partial charge in [0.05, 0.1) is 13.0 Å². The maximum absolute atomic E-state index is 11.7. The molecule has 0 bridgehead atoms. The second-order valence-corrected chi connectivity index (χ2v) is 5.27. The topological polar surface area (TPSA) is 171 Å². The van der Waals surface area contributed by atoms with Crippen molar-refractivity contribution in [1.82, 2.24) is 9.55 Å². The van der Waals surface area contributed by atoms with E-state index < -0.39 is 48.7 Å². The molecule has 10 nitrogen and oxygen atoms in total. The van der Waals surface area contributed by atoms with Crippen molar-refractivity contribution in [2.24, 2.45) is 5.73 Å². The zero-order chi connectivity index (χ0) is 16.7. The highest BCUT2D eigenvalue weighted by Gasteiger charge is 2.53. The summed E-state index contributed by atoms with van der Waals surface area (Å²) in [5, 5.41) is 37.7. The zero-order valence-electron chi connectivity index (χ0n) is 11.2. The first kappa shape index (κ1) is 16.7. The van der Waals surface area contributed by atoms with Gasteiger partial charge in [0, 0.05) is 11.8 Å². The van der Waals surface area contributed by atoms with E-state index in [0.717, 1.165) is 10.8 Å². The van der Waals surface area contributed by atoms with E-state index in [1.165, 1.54) is 0 Å². The fraction of sp³-hybridized carbons (Fsp3) is 0.545. The number of aliphatic carboxylic acids is 1. The molecule has 1 aromatic heterocycles. The molecular weight excluding hydrogens is 318 g/mol. The van der Waals surface area contributed by atoms with Gasteiger partial charge in [-0.15, -0.1) is 0 Å². The Morgan fingerprint density at radius 3 is 2.68 bits per heavy atom. The van der Waals surface area contributed by atoms with Crippen molar-refractivity contribution in [3.05, 3.63) is 26.9 Å². The van der Waals surface area contributed by atoms with Crippen LogP contribution in [0.4, 0.5) is 0 Å². The van der Waals surface area contributed by atoms with E-state index in [1.54, 1.807) is 0 Å². The number of hydrogen-bond donors (Lipinski definition) is 6. The lowest BCUT2D eigenvalue weighted by Crippen LogP contribution is -2.54. The molecule has 1 aliphatic heterocycles. The van der Waals surface area contributed by atoms with Gasteiger partial charge in [0.15, 0.2) is 4.77 Å². The number of hydrogen-bond acceptors (Lipinski definition) is 8. The van der Waals surface area contributed by atoms with Crippen molar-refractivity contribution >= 4 is 18.2 Å². The van der Waals surface area contributed by atoms with E-state index in [-0.39, 0.29) is 10.3 Å². The van der Waals surface area contributed by atoms with Crippen LogP contribution in [0.2, 0.25) is 0 Å². The van der Waals surface area contributed by atoms with Gasteiger partial charge in [0.1, 0.15) is 18.3 Å². The molecule has 2 heterocycles. The van der Waals surface area contributed by atoms with Crippen LogP contribution in [0.15, 0.2) is 11.0 Å². The third-order valence-electron chi connectivity index (χ3n) is 3.38. The fourth-order valence-electron chi connectivity index (χ4n) is 2.23. The van der Waals surface area contributed by atoms with Gasteiger partial charge < -0.3 is 25.2 Å². The van der Waals surface area contributed by atoms with Gasteiger partial charge >= 0.3 is 5.97 Å². The second-order valence-electron chi connectivity index (χ2n) is 4.88. The Labute approximate surface area is 128 Å². The van der Waals surface area contributed by atoms with Gasteiger partial charge in [-0.2, -0.15) is 0 Å². The molecule has 1 fully saturated rings. The van der Waals surface area contributed by atoms with Crippen LogP contribution in [-0.2, 0) is 21.8 Å². The van der Waals surface area contributed by atoms with E-state index in [2.05, 4.69) is 4.98 Å². The fourth-order valence-corrected chi connectivity index (χ4v) is 2.52. The molecule has 1 aliphatic rings. The van der Waals surface area contributed by atoms with Crippen molar-refractivity contribution < 1.29 is 30.0 Å². The normalized spacial score (nSPS) is 31.4. The van der Waals surface area contributed by atoms with Crippen LogP contribution in [-0.4, -0.2) is 60.9 Å². The summed E-state index contributed by atoms with van der Waals surface area (Å²) in [6, 6.07) is 0. The molecule has 4 atom stereocenters. The average molecular weight is 333 g/mol. The quantitative estimate of drug-likeness (QED) is 0.319. The van der Waals surface area contributed by atoms with Crippen LogP contribution >= 0.6 is 12.2 Å². The number of rotatable bonds is 4. The Morgan fingerprint density at radius 1 is 1.55 bits per heavy atom. The van der Waals surface area contributed by atoms with Gasteiger partial charge in [0.2, 0.25) is 5.85 Å². The highest BCUT2D eigenvalue weighted by Crippen LogP contribution is 2.31. The van der Waals surface area contributed by atoms with Crippen molar-refractivity contribution in [2.75, 3.05) is 6.61 Å². The van der Waals surface area contributed by atoms with Gasteiger partial charge in [-0.25, -0.2) is 0 Å². The molecule has 0 aliphatic carbocycles. The third kappa shape index (κ3) is 2.69. The predicted molar refractivity (Wildman–Crippen MR) is 73.4 cm³/mol. The van der Waals surface area contributed by atoms with E-state index in [0.29, 0.717) is 0 Å². The van der Waals surface area contributed by atoms with Crippen LogP contribution in [0.1, 0.15) is 5.56 Å². The van der Waals surface area contributed by atoms with Gasteiger partial charge in [0.25, 0.3) is 5.56 Å². The number of aliphatic hydroxyl groups is 3. The summed E-state index contributed by atoms with van der Waals surface area (Å²) in [4.78, 5) is 24.7. The number of nitrogens with two attached hydrogens (primary N) is 1. The Balaban J connectivity index is 2.54. The molecule has 0 aromatic carbocycles. The molecule has 1 aromatic rings. The van der Waals surface area contributed by atoms with Crippen LogP contribution in [0.25, 0.3) is 0 Å². The number of nitrogens with one attached hydrogen (secondary N) is 1. The van der Waals surface area contributed by atoms with Crippen molar-refractivity contribution in [3.8, 4) is 0 Å². The Morgan fingerprint density at radius 2 is 2.18 bits per heavy atom. The smallest absolute Gasteiger partial charge is 0.308 e. The molecule has 0 unspecified atom stereocenters. The zero-order valence-corrected chi connectivity index (χ0v) is 12.0. The highest BCUT2D eigenvalue weighted by atomic mass is 32.1. The van der Waals surface area contributed by atoms with Gasteiger partial charge in [-0.1, -0.05) is 0 Å². The summed E-state index contributed by atoms with van der Waals surface area (Å²) >= 11 is 4.93. The minimum atomic E-state index is -2.05. The van der Waals surface area contributed by atoms with Crippen molar-refractivity contribution in [2.45, 2.75) is 30.6 Å².